The first-order valence-corrected chi connectivity index (χ1v) is 8.53. The van der Waals surface area contributed by atoms with Gasteiger partial charge in [0.25, 0.3) is 0 Å². The molecule has 2 aromatic rings. The van der Waals surface area contributed by atoms with E-state index in [0.717, 1.165) is 17.5 Å². The first-order chi connectivity index (χ1) is 11.7. The number of amides is 1. The number of aromatic nitrogens is 1. The molecule has 3 atom stereocenters. The van der Waals surface area contributed by atoms with Gasteiger partial charge < -0.3 is 9.64 Å². The molecule has 0 radical (unpaired) electrons. The Morgan fingerprint density at radius 3 is 2.71 bits per heavy atom. The number of rotatable bonds is 4. The van der Waals surface area contributed by atoms with Crippen LogP contribution in [0.15, 0.2) is 54.9 Å². The Bertz CT molecular complexity index is 660. The van der Waals surface area contributed by atoms with Gasteiger partial charge in [0, 0.05) is 18.8 Å². The highest BCUT2D eigenvalue weighted by molar-refractivity contribution is 5.77. The van der Waals surface area contributed by atoms with Gasteiger partial charge in [0.2, 0.25) is 5.91 Å². The third kappa shape index (κ3) is 3.65. The van der Waals surface area contributed by atoms with E-state index in [9.17, 15) is 4.79 Å². The number of carbonyl (C=O) groups excluding carboxylic acids is 1. The van der Waals surface area contributed by atoms with Crippen LogP contribution in [0.1, 0.15) is 37.5 Å². The van der Waals surface area contributed by atoms with Gasteiger partial charge in [-0.25, -0.2) is 0 Å². The molecular weight excluding hydrogens is 300 g/mol. The summed E-state index contributed by atoms with van der Waals surface area (Å²) in [7, 11) is 0. The van der Waals surface area contributed by atoms with Crippen molar-refractivity contribution in [2.75, 3.05) is 6.61 Å². The molecule has 0 bridgehead atoms. The molecule has 1 fully saturated rings. The summed E-state index contributed by atoms with van der Waals surface area (Å²) >= 11 is 0. The second kappa shape index (κ2) is 7.58. The molecule has 1 aromatic carbocycles. The van der Waals surface area contributed by atoms with E-state index in [2.05, 4.69) is 31.0 Å². The second-order valence-electron chi connectivity index (χ2n) is 6.42. The van der Waals surface area contributed by atoms with Gasteiger partial charge in [-0.3, -0.25) is 9.78 Å². The van der Waals surface area contributed by atoms with Crippen LogP contribution in [0.5, 0.6) is 0 Å². The summed E-state index contributed by atoms with van der Waals surface area (Å²) in [6, 6.07) is 14.2. The van der Waals surface area contributed by atoms with E-state index < -0.39 is 0 Å². The molecular formula is C20H24N2O2. The van der Waals surface area contributed by atoms with Gasteiger partial charge in [-0.2, -0.15) is 0 Å². The number of nitrogens with zero attached hydrogens (tertiary/aromatic N) is 2. The fourth-order valence-electron chi connectivity index (χ4n) is 3.43. The Balaban J connectivity index is 1.69. The maximum absolute atomic E-state index is 12.8. The maximum atomic E-state index is 12.8. The lowest BCUT2D eigenvalue weighted by molar-refractivity contribution is -0.153. The average molecular weight is 324 g/mol. The standard InChI is InChI=1S/C20H24N2O2/c1-15-14-24-20(18-8-4-3-5-9-18)16(2)22(15)19(23)11-10-17-7-6-12-21-13-17/h3-9,12-13,15-16,20H,10-11,14H2,1-2H3. The quantitative estimate of drug-likeness (QED) is 0.866. The first-order valence-electron chi connectivity index (χ1n) is 8.53. The van der Waals surface area contributed by atoms with Crippen molar-refractivity contribution in [3.8, 4) is 0 Å². The molecule has 1 aliphatic heterocycles. The Morgan fingerprint density at radius 1 is 1.21 bits per heavy atom. The third-order valence-electron chi connectivity index (χ3n) is 4.64. The van der Waals surface area contributed by atoms with Crippen molar-refractivity contribution in [3.63, 3.8) is 0 Å². The van der Waals surface area contributed by atoms with E-state index >= 15 is 0 Å². The van der Waals surface area contributed by atoms with Crippen molar-refractivity contribution in [1.29, 1.82) is 0 Å². The van der Waals surface area contributed by atoms with Gasteiger partial charge in [0.15, 0.2) is 0 Å². The molecule has 1 aliphatic rings. The van der Waals surface area contributed by atoms with Crippen LogP contribution in [0, 0.1) is 0 Å². The molecule has 0 aliphatic carbocycles. The lowest BCUT2D eigenvalue weighted by atomic mass is 9.98. The summed E-state index contributed by atoms with van der Waals surface area (Å²) in [5, 5.41) is 0. The summed E-state index contributed by atoms with van der Waals surface area (Å²) < 4.78 is 6.03. The summed E-state index contributed by atoms with van der Waals surface area (Å²) in [5.41, 5.74) is 2.22. The van der Waals surface area contributed by atoms with Gasteiger partial charge in [0.05, 0.1) is 18.7 Å². The van der Waals surface area contributed by atoms with Gasteiger partial charge in [0.1, 0.15) is 6.10 Å². The highest BCUT2D eigenvalue weighted by atomic mass is 16.5. The molecule has 3 rings (SSSR count). The van der Waals surface area contributed by atoms with Gasteiger partial charge >= 0.3 is 0 Å². The molecule has 0 spiro atoms. The zero-order chi connectivity index (χ0) is 16.9. The lowest BCUT2D eigenvalue weighted by Gasteiger charge is -2.44. The second-order valence-corrected chi connectivity index (χ2v) is 6.42. The van der Waals surface area contributed by atoms with Crippen molar-refractivity contribution < 1.29 is 9.53 Å². The van der Waals surface area contributed by atoms with Crippen LogP contribution in [-0.4, -0.2) is 34.5 Å². The van der Waals surface area contributed by atoms with Crippen LogP contribution in [0.4, 0.5) is 0 Å². The highest BCUT2D eigenvalue weighted by Crippen LogP contribution is 2.31. The van der Waals surface area contributed by atoms with Crippen LogP contribution in [-0.2, 0) is 16.0 Å². The minimum absolute atomic E-state index is 0.0255. The molecule has 0 N–H and O–H groups in total. The van der Waals surface area contributed by atoms with Crippen molar-refractivity contribution in [2.24, 2.45) is 0 Å². The Hall–Kier alpha value is -2.20. The van der Waals surface area contributed by atoms with E-state index in [1.54, 1.807) is 6.20 Å². The van der Waals surface area contributed by atoms with Crippen LogP contribution in [0.25, 0.3) is 0 Å². The molecule has 0 saturated carbocycles. The van der Waals surface area contributed by atoms with Crippen molar-refractivity contribution in [2.45, 2.75) is 44.9 Å². The predicted octanol–water partition coefficient (Wildman–Crippen LogP) is 3.39. The van der Waals surface area contributed by atoms with Crippen LogP contribution < -0.4 is 0 Å². The minimum atomic E-state index is -0.0651. The van der Waals surface area contributed by atoms with Crippen molar-refractivity contribution in [3.05, 3.63) is 66.0 Å². The number of benzene rings is 1. The van der Waals surface area contributed by atoms with Crippen LogP contribution in [0.2, 0.25) is 0 Å². The smallest absolute Gasteiger partial charge is 0.223 e. The lowest BCUT2D eigenvalue weighted by Crippen LogP contribution is -2.53. The molecule has 4 heteroatoms. The molecule has 4 nitrogen and oxygen atoms in total. The zero-order valence-electron chi connectivity index (χ0n) is 14.3. The van der Waals surface area contributed by atoms with E-state index in [4.69, 9.17) is 4.74 Å². The fourth-order valence-corrected chi connectivity index (χ4v) is 3.43. The molecule has 2 heterocycles. The van der Waals surface area contributed by atoms with Crippen LogP contribution >= 0.6 is 0 Å². The number of carbonyl (C=O) groups is 1. The fraction of sp³-hybridized carbons (Fsp3) is 0.400. The number of pyridine rings is 1. The van der Waals surface area contributed by atoms with Gasteiger partial charge in [-0.1, -0.05) is 36.4 Å². The number of hydrogen-bond acceptors (Lipinski definition) is 3. The summed E-state index contributed by atoms with van der Waals surface area (Å²) in [5.74, 6) is 0.183. The monoisotopic (exact) mass is 324 g/mol. The minimum Gasteiger partial charge on any atom is -0.369 e. The van der Waals surface area contributed by atoms with Gasteiger partial charge in [-0.05, 0) is 37.5 Å². The zero-order valence-corrected chi connectivity index (χ0v) is 14.3. The molecule has 1 amide bonds. The summed E-state index contributed by atoms with van der Waals surface area (Å²) in [4.78, 5) is 18.9. The summed E-state index contributed by atoms with van der Waals surface area (Å²) in [6.45, 7) is 4.71. The van der Waals surface area contributed by atoms with Crippen molar-refractivity contribution >= 4 is 5.91 Å². The highest BCUT2D eigenvalue weighted by Gasteiger charge is 2.36. The summed E-state index contributed by atoms with van der Waals surface area (Å²) in [6.07, 6.45) is 4.74. The molecule has 1 saturated heterocycles. The number of aryl methyl sites for hydroxylation is 1. The largest absolute Gasteiger partial charge is 0.369 e. The normalized spacial score (nSPS) is 23.9. The topological polar surface area (TPSA) is 42.4 Å². The van der Waals surface area contributed by atoms with E-state index in [1.807, 2.05) is 41.4 Å². The predicted molar refractivity (Wildman–Crippen MR) is 93.5 cm³/mol. The number of ether oxygens (including phenoxy) is 1. The van der Waals surface area contributed by atoms with E-state index in [0.29, 0.717) is 13.0 Å². The number of morpholine rings is 1. The van der Waals surface area contributed by atoms with E-state index in [1.165, 1.54) is 0 Å². The molecule has 1 aromatic heterocycles. The Morgan fingerprint density at radius 2 is 2.00 bits per heavy atom. The maximum Gasteiger partial charge on any atom is 0.223 e. The average Bonchev–Trinajstić information content (AvgIpc) is 2.62. The van der Waals surface area contributed by atoms with E-state index in [-0.39, 0.29) is 24.1 Å². The van der Waals surface area contributed by atoms with Crippen molar-refractivity contribution in [1.82, 2.24) is 9.88 Å². The molecule has 126 valence electrons. The third-order valence-corrected chi connectivity index (χ3v) is 4.64. The first kappa shape index (κ1) is 16.7. The van der Waals surface area contributed by atoms with Crippen LogP contribution in [0.3, 0.4) is 0 Å². The Kier molecular flexibility index (Phi) is 5.26. The van der Waals surface area contributed by atoms with Gasteiger partial charge in [-0.15, -0.1) is 0 Å². The molecule has 3 unspecified atom stereocenters. The Labute approximate surface area is 143 Å². The SMILES string of the molecule is CC1COC(c2ccccc2)C(C)N1C(=O)CCc1cccnc1. The number of hydrogen-bond donors (Lipinski definition) is 0. The molecule has 24 heavy (non-hydrogen) atoms.